The summed E-state index contributed by atoms with van der Waals surface area (Å²) in [5.41, 5.74) is 11.6. The van der Waals surface area contributed by atoms with Gasteiger partial charge in [0.1, 0.15) is 24.9 Å². The van der Waals surface area contributed by atoms with Gasteiger partial charge in [-0.1, -0.05) is 0 Å². The van der Waals surface area contributed by atoms with Gasteiger partial charge in [0.2, 0.25) is 17.7 Å². The van der Waals surface area contributed by atoms with E-state index in [2.05, 4.69) is 25.6 Å². The van der Waals surface area contributed by atoms with Crippen LogP contribution >= 0.6 is 0 Å². The number of hydrogen-bond acceptors (Lipinski definition) is 9. The molecule has 14 nitrogen and oxygen atoms in total. The minimum absolute atomic E-state index is 0.00875. The molecule has 156 valence electrons. The van der Waals surface area contributed by atoms with Crippen molar-refractivity contribution in [2.45, 2.75) is 6.54 Å². The van der Waals surface area contributed by atoms with Crippen LogP contribution in [0.25, 0.3) is 11.2 Å². The van der Waals surface area contributed by atoms with Gasteiger partial charge in [-0.25, -0.2) is 15.0 Å². The molecule has 2 aromatic rings. The van der Waals surface area contributed by atoms with Gasteiger partial charge >= 0.3 is 5.97 Å². The molecule has 3 amide bonds. The summed E-state index contributed by atoms with van der Waals surface area (Å²) in [5, 5.41) is 13.3. The fourth-order valence-corrected chi connectivity index (χ4v) is 2.36. The molecule has 0 unspecified atom stereocenters. The van der Waals surface area contributed by atoms with Gasteiger partial charge < -0.3 is 36.7 Å². The Bertz CT molecular complexity index is 913. The predicted octanol–water partition coefficient (Wildman–Crippen LogP) is -3.49. The summed E-state index contributed by atoms with van der Waals surface area (Å²) in [6.45, 7) is -1.32. The van der Waals surface area contributed by atoms with Crippen LogP contribution in [0.5, 0.6) is 0 Å². The Labute approximate surface area is 164 Å². The van der Waals surface area contributed by atoms with Crippen molar-refractivity contribution < 1.29 is 24.3 Å². The third kappa shape index (κ3) is 6.10. The van der Waals surface area contributed by atoms with Crippen LogP contribution in [-0.4, -0.2) is 85.9 Å². The van der Waals surface area contributed by atoms with Gasteiger partial charge in [0.25, 0.3) is 0 Å². The Balaban J connectivity index is 2.09. The molecule has 0 saturated carbocycles. The maximum atomic E-state index is 12.7. The van der Waals surface area contributed by atoms with Crippen molar-refractivity contribution >= 4 is 40.7 Å². The molecule has 0 aliphatic heterocycles. The highest BCUT2D eigenvalue weighted by atomic mass is 16.4. The lowest BCUT2D eigenvalue weighted by Gasteiger charge is -2.22. The summed E-state index contributed by atoms with van der Waals surface area (Å²) < 4.78 is 1.44. The molecule has 0 radical (unpaired) electrons. The van der Waals surface area contributed by atoms with Gasteiger partial charge in [0.15, 0.2) is 11.5 Å². The number of rotatable bonds is 10. The number of carbonyl (C=O) groups excluding carboxylic acids is 3. The van der Waals surface area contributed by atoms with Crippen LogP contribution in [0.3, 0.4) is 0 Å². The van der Waals surface area contributed by atoms with E-state index in [1.807, 2.05) is 0 Å². The van der Waals surface area contributed by atoms with Crippen molar-refractivity contribution in [1.82, 2.24) is 35.1 Å². The Morgan fingerprint density at radius 3 is 2.59 bits per heavy atom. The molecular weight excluding hydrogens is 386 g/mol. The second kappa shape index (κ2) is 9.93. The summed E-state index contributed by atoms with van der Waals surface area (Å²) >= 11 is 0. The summed E-state index contributed by atoms with van der Waals surface area (Å²) in [6.07, 6.45) is 2.60. The number of aliphatic carboxylic acids is 1. The monoisotopic (exact) mass is 407 g/mol. The molecule has 2 rings (SSSR count). The van der Waals surface area contributed by atoms with Crippen molar-refractivity contribution in [2.24, 2.45) is 5.73 Å². The van der Waals surface area contributed by atoms with Gasteiger partial charge in [-0.05, 0) is 0 Å². The van der Waals surface area contributed by atoms with E-state index >= 15 is 0 Å². The predicted molar refractivity (Wildman–Crippen MR) is 99.0 cm³/mol. The van der Waals surface area contributed by atoms with E-state index < -0.39 is 36.8 Å². The molecule has 2 heterocycles. The SMILES string of the molecule is NCC(=O)NCCN(CC(=O)NCC(=O)O)C(=O)Cn1cnc2c(N)ncnc21. The first kappa shape index (κ1) is 21.5. The van der Waals surface area contributed by atoms with E-state index in [9.17, 15) is 19.2 Å². The standard InChI is InChI=1S/C15H21N9O5/c16-3-9(25)18-1-2-23(5-10(26)19-4-12(28)29)11(27)6-24-8-22-13-14(17)20-7-21-15(13)24/h7-8H,1-6,16H2,(H,18,25)(H,19,26)(H,28,29)(H2,17,20,21). The summed E-state index contributed by atoms with van der Waals surface area (Å²) in [6, 6.07) is 0. The molecular formula is C15H21N9O5. The third-order valence-corrected chi connectivity index (χ3v) is 3.75. The van der Waals surface area contributed by atoms with E-state index in [1.165, 1.54) is 22.1 Å². The molecule has 7 N–H and O–H groups in total. The number of carbonyl (C=O) groups is 4. The van der Waals surface area contributed by atoms with E-state index in [4.69, 9.17) is 16.6 Å². The van der Waals surface area contributed by atoms with Crippen LogP contribution in [0.15, 0.2) is 12.7 Å². The molecule has 0 fully saturated rings. The van der Waals surface area contributed by atoms with Crippen LogP contribution in [0.2, 0.25) is 0 Å². The summed E-state index contributed by atoms with van der Waals surface area (Å²) in [7, 11) is 0. The quantitative estimate of drug-likeness (QED) is 0.262. The fraction of sp³-hybridized carbons (Fsp3) is 0.400. The minimum atomic E-state index is -1.21. The number of nitrogens with zero attached hydrogens (tertiary/aromatic N) is 5. The number of nitrogens with two attached hydrogens (primary N) is 2. The molecule has 29 heavy (non-hydrogen) atoms. The molecule has 0 bridgehead atoms. The minimum Gasteiger partial charge on any atom is -0.480 e. The maximum Gasteiger partial charge on any atom is 0.322 e. The number of aromatic nitrogens is 4. The first-order chi connectivity index (χ1) is 13.8. The van der Waals surface area contributed by atoms with Gasteiger partial charge in [0.05, 0.1) is 19.4 Å². The van der Waals surface area contributed by atoms with Crippen molar-refractivity contribution in [1.29, 1.82) is 0 Å². The Morgan fingerprint density at radius 2 is 1.90 bits per heavy atom. The van der Waals surface area contributed by atoms with E-state index in [1.54, 1.807) is 0 Å². The van der Waals surface area contributed by atoms with Crippen LogP contribution in [0.1, 0.15) is 0 Å². The smallest absolute Gasteiger partial charge is 0.322 e. The molecule has 0 saturated heterocycles. The Hall–Kier alpha value is -3.81. The number of carboxylic acid groups (broad SMARTS) is 1. The summed E-state index contributed by atoms with van der Waals surface area (Å²) in [5.74, 6) is -2.60. The highest BCUT2D eigenvalue weighted by Gasteiger charge is 2.19. The zero-order valence-electron chi connectivity index (χ0n) is 15.4. The van der Waals surface area contributed by atoms with Crippen LogP contribution in [0.4, 0.5) is 5.82 Å². The maximum absolute atomic E-state index is 12.7. The number of hydrogen-bond donors (Lipinski definition) is 5. The highest BCUT2D eigenvalue weighted by Crippen LogP contribution is 2.14. The normalized spacial score (nSPS) is 10.5. The van der Waals surface area contributed by atoms with Crippen LogP contribution in [0, 0.1) is 0 Å². The topological polar surface area (TPSA) is 211 Å². The number of nitrogens with one attached hydrogen (secondary N) is 2. The van der Waals surface area contributed by atoms with Gasteiger partial charge in [-0.15, -0.1) is 0 Å². The van der Waals surface area contributed by atoms with Gasteiger partial charge in [-0.2, -0.15) is 0 Å². The lowest BCUT2D eigenvalue weighted by atomic mass is 10.3. The first-order valence-electron chi connectivity index (χ1n) is 8.46. The molecule has 2 aromatic heterocycles. The van der Waals surface area contributed by atoms with Gasteiger partial charge in [0, 0.05) is 13.1 Å². The van der Waals surface area contributed by atoms with Crippen LogP contribution in [-0.2, 0) is 25.7 Å². The van der Waals surface area contributed by atoms with Crippen molar-refractivity contribution in [3.8, 4) is 0 Å². The average molecular weight is 407 g/mol. The number of anilines is 1. The van der Waals surface area contributed by atoms with E-state index in [0.29, 0.717) is 11.2 Å². The molecule has 0 atom stereocenters. The third-order valence-electron chi connectivity index (χ3n) is 3.75. The molecule has 0 aliphatic rings. The number of carboxylic acids is 1. The lowest BCUT2D eigenvalue weighted by Crippen LogP contribution is -2.46. The fourth-order valence-electron chi connectivity index (χ4n) is 2.36. The average Bonchev–Trinajstić information content (AvgIpc) is 3.09. The first-order valence-corrected chi connectivity index (χ1v) is 8.46. The number of fused-ring (bicyclic) bond motifs is 1. The van der Waals surface area contributed by atoms with Crippen LogP contribution < -0.4 is 22.1 Å². The number of imidazole rings is 1. The second-order valence-corrected chi connectivity index (χ2v) is 5.84. The molecule has 0 aromatic carbocycles. The number of nitrogen functional groups attached to an aromatic ring is 1. The van der Waals surface area contributed by atoms with E-state index in [-0.39, 0.29) is 32.0 Å². The molecule has 14 heteroatoms. The largest absolute Gasteiger partial charge is 0.480 e. The molecule has 0 aliphatic carbocycles. The van der Waals surface area contributed by atoms with Crippen molar-refractivity contribution in [3.63, 3.8) is 0 Å². The Morgan fingerprint density at radius 1 is 1.14 bits per heavy atom. The zero-order valence-corrected chi connectivity index (χ0v) is 15.4. The van der Waals surface area contributed by atoms with Crippen molar-refractivity contribution in [3.05, 3.63) is 12.7 Å². The van der Waals surface area contributed by atoms with E-state index in [0.717, 1.165) is 0 Å². The number of amides is 3. The van der Waals surface area contributed by atoms with Gasteiger partial charge in [-0.3, -0.25) is 19.2 Å². The van der Waals surface area contributed by atoms with Crippen molar-refractivity contribution in [2.75, 3.05) is 38.5 Å². The Kier molecular flexibility index (Phi) is 7.36. The zero-order chi connectivity index (χ0) is 21.4. The summed E-state index contributed by atoms with van der Waals surface area (Å²) in [4.78, 5) is 59.6. The lowest BCUT2D eigenvalue weighted by molar-refractivity contribution is -0.139. The second-order valence-electron chi connectivity index (χ2n) is 5.84. The highest BCUT2D eigenvalue weighted by molar-refractivity contribution is 5.88. The molecule has 0 spiro atoms.